The highest BCUT2D eigenvalue weighted by atomic mass is 32.1. The molecule has 6 nitrogen and oxygen atoms in total. The van der Waals surface area contributed by atoms with E-state index in [2.05, 4.69) is 25.8 Å². The summed E-state index contributed by atoms with van der Waals surface area (Å²) in [6.07, 6.45) is 1.85. The van der Waals surface area contributed by atoms with Gasteiger partial charge in [0.1, 0.15) is 0 Å². The van der Waals surface area contributed by atoms with Crippen molar-refractivity contribution >= 4 is 17.4 Å². The number of aromatic nitrogens is 3. The number of aryl methyl sites for hydroxylation is 1. The molecule has 0 fully saturated rings. The number of hydrogen-bond acceptors (Lipinski definition) is 7. The molecule has 1 atom stereocenters. The molecule has 0 aromatic carbocycles. The average molecular weight is 253 g/mol. The van der Waals surface area contributed by atoms with Crippen LogP contribution in [0.4, 0.5) is 6.01 Å². The van der Waals surface area contributed by atoms with Gasteiger partial charge in [-0.15, -0.1) is 16.4 Å². The van der Waals surface area contributed by atoms with Gasteiger partial charge in [0.05, 0.1) is 17.6 Å². The van der Waals surface area contributed by atoms with Crippen LogP contribution in [0, 0.1) is 6.92 Å². The van der Waals surface area contributed by atoms with Gasteiger partial charge in [0.15, 0.2) is 0 Å². The molecule has 0 radical (unpaired) electrons. The fourth-order valence-electron chi connectivity index (χ4n) is 1.25. The number of hydrogen-bond donors (Lipinski definition) is 2. The SMILES string of the molecule is CNC(C)c1nnc(NCc2cnc(C)s2)o1. The van der Waals surface area contributed by atoms with Crippen molar-refractivity contribution < 1.29 is 4.42 Å². The second-order valence-corrected chi connectivity index (χ2v) is 4.97. The Hall–Kier alpha value is -1.47. The first kappa shape index (κ1) is 12.0. The van der Waals surface area contributed by atoms with E-state index in [1.54, 1.807) is 11.3 Å². The van der Waals surface area contributed by atoms with Gasteiger partial charge in [0.25, 0.3) is 0 Å². The van der Waals surface area contributed by atoms with E-state index in [1.807, 2.05) is 27.1 Å². The van der Waals surface area contributed by atoms with Gasteiger partial charge in [0.2, 0.25) is 5.89 Å². The zero-order valence-electron chi connectivity index (χ0n) is 10.0. The van der Waals surface area contributed by atoms with Crippen molar-refractivity contribution in [1.29, 1.82) is 0 Å². The lowest BCUT2D eigenvalue weighted by Crippen LogP contribution is -2.12. The van der Waals surface area contributed by atoms with Crippen LogP contribution in [-0.2, 0) is 6.54 Å². The Balaban J connectivity index is 1.93. The van der Waals surface area contributed by atoms with Gasteiger partial charge in [-0.25, -0.2) is 4.98 Å². The zero-order valence-corrected chi connectivity index (χ0v) is 10.8. The largest absolute Gasteiger partial charge is 0.406 e. The van der Waals surface area contributed by atoms with Crippen molar-refractivity contribution in [2.45, 2.75) is 26.4 Å². The Labute approximate surface area is 103 Å². The Morgan fingerprint density at radius 1 is 1.47 bits per heavy atom. The molecule has 2 rings (SSSR count). The quantitative estimate of drug-likeness (QED) is 0.845. The predicted molar refractivity (Wildman–Crippen MR) is 66.0 cm³/mol. The van der Waals surface area contributed by atoms with Crippen LogP contribution in [-0.4, -0.2) is 22.2 Å². The molecule has 1 unspecified atom stereocenters. The molecule has 17 heavy (non-hydrogen) atoms. The minimum atomic E-state index is 0.0590. The van der Waals surface area contributed by atoms with Crippen molar-refractivity contribution in [3.8, 4) is 0 Å². The van der Waals surface area contributed by atoms with E-state index >= 15 is 0 Å². The molecule has 0 aliphatic heterocycles. The minimum absolute atomic E-state index is 0.0590. The standard InChI is InChI=1S/C10H15N5OS/c1-6(11-3)9-14-15-10(16-9)13-5-8-4-12-7(2)17-8/h4,6,11H,5H2,1-3H3,(H,13,15). The molecule has 0 amide bonds. The molecule has 7 heteroatoms. The lowest BCUT2D eigenvalue weighted by molar-refractivity contribution is 0.441. The molecule has 2 aromatic rings. The van der Waals surface area contributed by atoms with Gasteiger partial charge in [-0.3, -0.25) is 0 Å². The van der Waals surface area contributed by atoms with E-state index in [1.165, 1.54) is 0 Å². The van der Waals surface area contributed by atoms with Gasteiger partial charge in [-0.2, -0.15) is 0 Å². The molecular weight excluding hydrogens is 238 g/mol. The Bertz CT molecular complexity index is 481. The lowest BCUT2D eigenvalue weighted by atomic mass is 10.3. The lowest BCUT2D eigenvalue weighted by Gasteiger charge is -2.02. The Morgan fingerprint density at radius 3 is 2.94 bits per heavy atom. The molecular formula is C10H15N5OS. The highest BCUT2D eigenvalue weighted by Crippen LogP contribution is 2.16. The molecule has 2 N–H and O–H groups in total. The monoisotopic (exact) mass is 253 g/mol. The number of thiazole rings is 1. The van der Waals surface area contributed by atoms with Crippen molar-refractivity contribution in [3.05, 3.63) is 22.0 Å². The third kappa shape index (κ3) is 3.01. The van der Waals surface area contributed by atoms with Gasteiger partial charge < -0.3 is 15.1 Å². The van der Waals surface area contributed by atoms with Crippen LogP contribution in [0.15, 0.2) is 10.6 Å². The van der Waals surface area contributed by atoms with Crippen molar-refractivity contribution in [3.63, 3.8) is 0 Å². The van der Waals surface area contributed by atoms with Crippen LogP contribution < -0.4 is 10.6 Å². The van der Waals surface area contributed by atoms with Crippen LogP contribution in [0.1, 0.15) is 28.7 Å². The summed E-state index contributed by atoms with van der Waals surface area (Å²) >= 11 is 1.65. The molecule has 0 aliphatic rings. The summed E-state index contributed by atoms with van der Waals surface area (Å²) < 4.78 is 5.45. The molecule has 0 aliphatic carbocycles. The van der Waals surface area contributed by atoms with E-state index < -0.39 is 0 Å². The third-order valence-electron chi connectivity index (χ3n) is 2.33. The molecule has 92 valence electrons. The second-order valence-electron chi connectivity index (χ2n) is 3.65. The van der Waals surface area contributed by atoms with E-state index in [0.717, 1.165) is 9.88 Å². The van der Waals surface area contributed by atoms with E-state index in [0.29, 0.717) is 18.5 Å². The second kappa shape index (κ2) is 5.24. The fraction of sp³-hybridized carbons (Fsp3) is 0.500. The highest BCUT2D eigenvalue weighted by Gasteiger charge is 2.11. The molecule has 2 heterocycles. The summed E-state index contributed by atoms with van der Waals surface area (Å²) in [5.41, 5.74) is 0. The summed E-state index contributed by atoms with van der Waals surface area (Å²) in [6.45, 7) is 4.60. The van der Waals surface area contributed by atoms with E-state index in [4.69, 9.17) is 4.42 Å². The summed E-state index contributed by atoms with van der Waals surface area (Å²) in [7, 11) is 1.85. The molecule has 0 bridgehead atoms. The van der Waals surface area contributed by atoms with Gasteiger partial charge in [0, 0.05) is 11.1 Å². The smallest absolute Gasteiger partial charge is 0.315 e. The molecule has 0 saturated carbocycles. The normalized spacial score (nSPS) is 12.6. The third-order valence-corrected chi connectivity index (χ3v) is 3.24. The Kier molecular flexibility index (Phi) is 3.70. The van der Waals surface area contributed by atoms with Crippen molar-refractivity contribution in [1.82, 2.24) is 20.5 Å². The average Bonchev–Trinajstić information content (AvgIpc) is 2.94. The fourth-order valence-corrected chi connectivity index (χ4v) is 1.99. The first-order valence-corrected chi connectivity index (χ1v) is 6.16. The first-order valence-electron chi connectivity index (χ1n) is 5.35. The summed E-state index contributed by atoms with van der Waals surface area (Å²) in [5, 5.41) is 15.0. The maximum atomic E-state index is 5.45. The van der Waals surface area contributed by atoms with Crippen LogP contribution in [0.2, 0.25) is 0 Å². The number of nitrogens with zero attached hydrogens (tertiary/aromatic N) is 3. The molecule has 0 saturated heterocycles. The number of anilines is 1. The highest BCUT2D eigenvalue weighted by molar-refractivity contribution is 7.11. The van der Waals surface area contributed by atoms with Gasteiger partial charge >= 0.3 is 6.01 Å². The van der Waals surface area contributed by atoms with E-state index in [9.17, 15) is 0 Å². The van der Waals surface area contributed by atoms with Crippen LogP contribution >= 0.6 is 11.3 Å². The predicted octanol–water partition coefficient (Wildman–Crippen LogP) is 1.73. The summed E-state index contributed by atoms with van der Waals surface area (Å²) in [5.74, 6) is 0.579. The van der Waals surface area contributed by atoms with Crippen LogP contribution in [0.3, 0.4) is 0 Å². The minimum Gasteiger partial charge on any atom is -0.406 e. The van der Waals surface area contributed by atoms with Crippen molar-refractivity contribution in [2.75, 3.05) is 12.4 Å². The number of rotatable bonds is 5. The van der Waals surface area contributed by atoms with Crippen LogP contribution in [0.25, 0.3) is 0 Å². The van der Waals surface area contributed by atoms with Gasteiger partial charge in [-0.1, -0.05) is 5.10 Å². The van der Waals surface area contributed by atoms with Crippen molar-refractivity contribution in [2.24, 2.45) is 0 Å². The Morgan fingerprint density at radius 2 is 2.29 bits per heavy atom. The first-order chi connectivity index (χ1) is 8.19. The number of nitrogens with one attached hydrogen (secondary N) is 2. The van der Waals surface area contributed by atoms with Crippen LogP contribution in [0.5, 0.6) is 0 Å². The summed E-state index contributed by atoms with van der Waals surface area (Å²) in [4.78, 5) is 5.32. The molecule has 0 spiro atoms. The van der Waals surface area contributed by atoms with E-state index in [-0.39, 0.29) is 6.04 Å². The topological polar surface area (TPSA) is 75.9 Å². The maximum Gasteiger partial charge on any atom is 0.315 e. The molecule has 2 aromatic heterocycles. The maximum absolute atomic E-state index is 5.45. The zero-order chi connectivity index (χ0) is 12.3. The van der Waals surface area contributed by atoms with Gasteiger partial charge in [-0.05, 0) is 20.9 Å². The summed E-state index contributed by atoms with van der Waals surface area (Å²) in [6, 6.07) is 0.497.